The molecular formula is C58H42N4O2. The van der Waals surface area contributed by atoms with Gasteiger partial charge in [0.15, 0.2) is 0 Å². The van der Waals surface area contributed by atoms with Crippen molar-refractivity contribution in [1.82, 2.24) is 0 Å². The van der Waals surface area contributed by atoms with Gasteiger partial charge in [-0.25, -0.2) is 0 Å². The summed E-state index contributed by atoms with van der Waals surface area (Å²) in [5, 5.41) is 25.1. The number of ether oxygens (including phenoxy) is 2. The van der Waals surface area contributed by atoms with E-state index in [4.69, 9.17) is 9.47 Å². The van der Waals surface area contributed by atoms with E-state index >= 15 is 0 Å². The molecule has 0 saturated heterocycles. The van der Waals surface area contributed by atoms with Gasteiger partial charge in [-0.15, -0.1) is 0 Å². The Morgan fingerprint density at radius 3 is 1.09 bits per heavy atom. The van der Waals surface area contributed by atoms with Gasteiger partial charge in [-0.2, -0.15) is 10.5 Å². The number of benzene rings is 9. The Morgan fingerprint density at radius 2 is 0.734 bits per heavy atom. The highest BCUT2D eigenvalue weighted by atomic mass is 16.5. The minimum atomic E-state index is 0.480. The minimum Gasteiger partial charge on any atom is -0.497 e. The second-order valence-corrected chi connectivity index (χ2v) is 15.2. The van der Waals surface area contributed by atoms with Crippen molar-refractivity contribution in [2.45, 2.75) is 0 Å². The van der Waals surface area contributed by atoms with Gasteiger partial charge in [0.1, 0.15) is 11.5 Å². The topological polar surface area (TPSA) is 72.5 Å². The SMILES string of the molecule is COc1ccc(N(c2ccc(/C=C\c3cc(C#N)c(/C=C/c4ccc(N(c5ccc(OC)cc5)c5cccc6ccccc56)cc4)cc3C#N)cc2)c2cccc3ccccc23)cc1. The van der Waals surface area contributed by atoms with Gasteiger partial charge in [0.25, 0.3) is 0 Å². The zero-order chi connectivity index (χ0) is 43.8. The van der Waals surface area contributed by atoms with Gasteiger partial charge in [-0.1, -0.05) is 121 Å². The number of nitriles is 2. The zero-order valence-corrected chi connectivity index (χ0v) is 35.4. The predicted molar refractivity (Wildman–Crippen MR) is 264 cm³/mol. The second kappa shape index (κ2) is 18.4. The lowest BCUT2D eigenvalue weighted by Crippen LogP contribution is -2.10. The summed E-state index contributed by atoms with van der Waals surface area (Å²) in [6.45, 7) is 0. The third-order valence-electron chi connectivity index (χ3n) is 11.4. The molecule has 0 radical (unpaired) electrons. The molecule has 0 aliphatic heterocycles. The highest BCUT2D eigenvalue weighted by Crippen LogP contribution is 2.41. The van der Waals surface area contributed by atoms with Gasteiger partial charge < -0.3 is 19.3 Å². The number of anilines is 6. The Morgan fingerprint density at radius 1 is 0.391 bits per heavy atom. The van der Waals surface area contributed by atoms with Crippen LogP contribution in [0.1, 0.15) is 33.4 Å². The normalized spacial score (nSPS) is 11.1. The van der Waals surface area contributed by atoms with Gasteiger partial charge in [0.2, 0.25) is 0 Å². The van der Waals surface area contributed by atoms with Crippen molar-refractivity contribution in [2.75, 3.05) is 24.0 Å². The van der Waals surface area contributed by atoms with E-state index in [0.29, 0.717) is 22.3 Å². The van der Waals surface area contributed by atoms with E-state index in [1.807, 2.05) is 48.6 Å². The van der Waals surface area contributed by atoms with Gasteiger partial charge >= 0.3 is 0 Å². The maximum atomic E-state index is 10.3. The molecule has 0 atom stereocenters. The van der Waals surface area contributed by atoms with Crippen LogP contribution in [0.15, 0.2) is 194 Å². The van der Waals surface area contributed by atoms with Crippen LogP contribution in [0.5, 0.6) is 11.5 Å². The van der Waals surface area contributed by atoms with Crippen molar-refractivity contribution in [3.63, 3.8) is 0 Å². The molecule has 0 aliphatic carbocycles. The van der Waals surface area contributed by atoms with Crippen LogP contribution in [0.4, 0.5) is 34.1 Å². The van der Waals surface area contributed by atoms with Crippen molar-refractivity contribution in [3.05, 3.63) is 228 Å². The summed E-state index contributed by atoms with van der Waals surface area (Å²) < 4.78 is 10.9. The van der Waals surface area contributed by atoms with Gasteiger partial charge in [0, 0.05) is 33.5 Å². The van der Waals surface area contributed by atoms with E-state index < -0.39 is 0 Å². The van der Waals surface area contributed by atoms with E-state index in [-0.39, 0.29) is 0 Å². The maximum absolute atomic E-state index is 10.3. The Labute approximate surface area is 373 Å². The summed E-state index contributed by atoms with van der Waals surface area (Å²) >= 11 is 0. The van der Waals surface area contributed by atoms with Crippen LogP contribution < -0.4 is 19.3 Å². The molecule has 9 aromatic rings. The Kier molecular flexibility index (Phi) is 11.7. The number of nitrogens with zero attached hydrogens (tertiary/aromatic N) is 4. The minimum absolute atomic E-state index is 0.480. The summed E-state index contributed by atoms with van der Waals surface area (Å²) in [7, 11) is 3.34. The first-order valence-corrected chi connectivity index (χ1v) is 20.9. The lowest BCUT2D eigenvalue weighted by atomic mass is 9.97. The molecule has 0 fully saturated rings. The molecular weight excluding hydrogens is 785 g/mol. The first-order valence-electron chi connectivity index (χ1n) is 20.9. The van der Waals surface area contributed by atoms with Crippen LogP contribution in [0.25, 0.3) is 45.8 Å². The van der Waals surface area contributed by atoms with E-state index in [1.54, 1.807) is 26.4 Å². The Hall–Kier alpha value is -8.84. The van der Waals surface area contributed by atoms with Crippen LogP contribution in [0.2, 0.25) is 0 Å². The van der Waals surface area contributed by atoms with Crippen LogP contribution in [-0.4, -0.2) is 14.2 Å². The molecule has 0 amide bonds. The van der Waals surface area contributed by atoms with Crippen molar-refractivity contribution in [1.29, 1.82) is 10.5 Å². The molecule has 64 heavy (non-hydrogen) atoms. The number of hydrogen-bond donors (Lipinski definition) is 0. The average molecular weight is 827 g/mol. The van der Waals surface area contributed by atoms with Gasteiger partial charge in [-0.05, 0) is 130 Å². The largest absolute Gasteiger partial charge is 0.497 e. The predicted octanol–water partition coefficient (Wildman–Crippen LogP) is 15.0. The summed E-state index contributed by atoms with van der Waals surface area (Å²) in [5.74, 6) is 1.58. The van der Waals surface area contributed by atoms with Crippen molar-refractivity contribution < 1.29 is 9.47 Å². The molecule has 9 aromatic carbocycles. The van der Waals surface area contributed by atoms with Crippen LogP contribution >= 0.6 is 0 Å². The van der Waals surface area contributed by atoms with Crippen LogP contribution in [0.3, 0.4) is 0 Å². The summed E-state index contributed by atoms with van der Waals surface area (Å²) in [6, 6.07) is 70.5. The van der Waals surface area contributed by atoms with E-state index in [1.165, 1.54) is 0 Å². The standard InChI is InChI=1S/C58H42N4O2/c1-63-53-33-29-51(30-34-53)61(57-15-7-11-43-9-3-5-13-55(43)57)49-25-19-41(20-26-49)17-23-45-37-48(40-60)46(38-47(45)39-59)24-18-42-21-27-50(28-22-42)62(52-31-35-54(64-2)36-32-52)58-16-8-12-44-10-4-6-14-56(44)58/h3-38H,1-2H3/b23-17-,24-18+. The molecule has 0 saturated carbocycles. The van der Waals surface area contributed by atoms with E-state index in [9.17, 15) is 10.5 Å². The number of hydrogen-bond acceptors (Lipinski definition) is 6. The summed E-state index contributed by atoms with van der Waals surface area (Å²) in [4.78, 5) is 4.48. The third-order valence-corrected chi connectivity index (χ3v) is 11.4. The molecule has 0 N–H and O–H groups in total. The molecule has 0 spiro atoms. The monoisotopic (exact) mass is 826 g/mol. The highest BCUT2D eigenvalue weighted by molar-refractivity contribution is 6.00. The molecule has 0 aliphatic rings. The molecule has 6 nitrogen and oxygen atoms in total. The van der Waals surface area contributed by atoms with E-state index in [0.717, 1.165) is 78.3 Å². The number of methoxy groups -OCH3 is 2. The molecule has 0 unspecified atom stereocenters. The molecule has 6 heteroatoms. The fraction of sp³-hybridized carbons (Fsp3) is 0.0345. The molecule has 9 rings (SSSR count). The third kappa shape index (κ3) is 8.41. The average Bonchev–Trinajstić information content (AvgIpc) is 3.36. The number of fused-ring (bicyclic) bond motifs is 2. The van der Waals surface area contributed by atoms with Crippen molar-refractivity contribution >= 4 is 80.0 Å². The quantitative estimate of drug-likeness (QED) is 0.114. The van der Waals surface area contributed by atoms with Gasteiger partial charge in [-0.3, -0.25) is 0 Å². The lowest BCUT2D eigenvalue weighted by molar-refractivity contribution is 0.414. The van der Waals surface area contributed by atoms with Crippen molar-refractivity contribution in [3.8, 4) is 23.6 Å². The Bertz CT molecular complexity index is 3020. The number of rotatable bonds is 12. The van der Waals surface area contributed by atoms with E-state index in [2.05, 4.69) is 180 Å². The Balaban J connectivity index is 0.970. The van der Waals surface area contributed by atoms with Gasteiger partial charge in [0.05, 0.1) is 48.9 Å². The van der Waals surface area contributed by atoms with Crippen molar-refractivity contribution in [2.24, 2.45) is 0 Å². The first-order chi connectivity index (χ1) is 31.5. The van der Waals surface area contributed by atoms with Crippen LogP contribution in [0, 0.1) is 22.7 Å². The van der Waals surface area contributed by atoms with Crippen LogP contribution in [-0.2, 0) is 0 Å². The highest BCUT2D eigenvalue weighted by Gasteiger charge is 2.17. The molecule has 0 bridgehead atoms. The zero-order valence-electron chi connectivity index (χ0n) is 35.4. The smallest absolute Gasteiger partial charge is 0.119 e. The second-order valence-electron chi connectivity index (χ2n) is 15.2. The fourth-order valence-electron chi connectivity index (χ4n) is 8.07. The summed E-state index contributed by atoms with van der Waals surface area (Å²) in [5.41, 5.74) is 10.3. The molecule has 306 valence electrons. The lowest BCUT2D eigenvalue weighted by Gasteiger charge is -2.27. The summed E-state index contributed by atoms with van der Waals surface area (Å²) in [6.07, 6.45) is 7.75. The fourth-order valence-corrected chi connectivity index (χ4v) is 8.07. The first kappa shape index (κ1) is 40.6. The molecule has 0 aromatic heterocycles. The molecule has 0 heterocycles. The maximum Gasteiger partial charge on any atom is 0.119 e.